The number of hydrogen-bond acceptors (Lipinski definition) is 0. The van der Waals surface area contributed by atoms with Crippen molar-refractivity contribution in [1.82, 2.24) is 0 Å². The molecule has 0 N–H and O–H groups in total. The van der Waals surface area contributed by atoms with Crippen LogP contribution in [-0.2, 0) is 0 Å². The molecule has 0 aliphatic rings. The van der Waals surface area contributed by atoms with Crippen molar-refractivity contribution in [2.24, 2.45) is 0 Å². The summed E-state index contributed by atoms with van der Waals surface area (Å²) in [4.78, 5) is 0. The molecule has 0 radical (unpaired) electrons. The number of hydrogen-bond donors (Lipinski definition) is 0. The predicted molar refractivity (Wildman–Crippen MR) is 18.4 cm³/mol. The van der Waals surface area contributed by atoms with Crippen LogP contribution in [0.5, 0.6) is 0 Å². The summed E-state index contributed by atoms with van der Waals surface area (Å²) in [7, 11) is 0. The Kier molecular flexibility index (Phi) is 2.06. The van der Waals surface area contributed by atoms with E-state index < -0.39 is 6.08 Å². The van der Waals surface area contributed by atoms with Gasteiger partial charge in [0.2, 0.25) is 0 Å². The zero-order valence-electron chi connectivity index (χ0n) is 2.96. The van der Waals surface area contributed by atoms with Gasteiger partial charge in [-0.05, 0) is 12.3 Å². The quantitative estimate of drug-likeness (QED) is 0.395. The monoisotopic (exact) mass is 88.0 g/mol. The molecule has 0 saturated heterocycles. The van der Waals surface area contributed by atoms with E-state index in [1.54, 1.807) is 5.73 Å². The van der Waals surface area contributed by atoms with Crippen molar-refractivity contribution in [3.8, 4) is 0 Å². The minimum atomic E-state index is -1.88. The third-order valence-corrected chi connectivity index (χ3v) is 0.183. The smallest absolute Gasteiger partial charge is 0.163 e. The summed E-state index contributed by atoms with van der Waals surface area (Å²) in [6.07, 6.45) is -1.88. The minimum Gasteiger partial charge on any atom is -0.163 e. The predicted octanol–water partition coefficient (Wildman–Crippen LogP) is 1.71. The molecule has 0 saturated carbocycles. The molecule has 0 spiro atoms. The summed E-state index contributed by atoms with van der Waals surface area (Å²) in [6.45, 7) is 2.86. The second-order valence-electron chi connectivity index (χ2n) is 0.562. The maximum atomic E-state index is 10.7. The Bertz CT molecular complexity index is 110. The first-order valence-electron chi connectivity index (χ1n) is 1.23. The maximum absolute atomic E-state index is 10.7. The van der Waals surface area contributed by atoms with E-state index in [4.69, 9.17) is 0 Å². The van der Waals surface area contributed by atoms with E-state index in [0.717, 1.165) is 0 Å². The Hall–Kier alpha value is -0.840. The van der Waals surface area contributed by atoms with Crippen LogP contribution in [0, 0.1) is 0 Å². The van der Waals surface area contributed by atoms with Crippen LogP contribution in [0.2, 0.25) is 0 Å². The van der Waals surface area contributed by atoms with Crippen molar-refractivity contribution >= 4 is 0 Å². The second kappa shape index (κ2) is 2.40. The van der Waals surface area contributed by atoms with E-state index in [1.807, 2.05) is 0 Å². The summed E-state index contributed by atoms with van der Waals surface area (Å²) in [6, 6.07) is 0. The molecule has 0 aromatic heterocycles. The van der Waals surface area contributed by atoms with Gasteiger partial charge in [-0.1, -0.05) is 5.73 Å². The lowest BCUT2D eigenvalue weighted by molar-refractivity contribution is 0.424. The average molecular weight is 88.1 g/mol. The molecule has 0 bridgehead atoms. The molecule has 0 nitrogen and oxygen atoms in total. The number of halogens is 2. The zero-order valence-corrected chi connectivity index (χ0v) is 2.96. The van der Waals surface area contributed by atoms with Gasteiger partial charge in [0.15, 0.2) is 0 Å². The summed E-state index contributed by atoms with van der Waals surface area (Å²) in [5, 5.41) is 0. The Morgan fingerprint density at radius 1 is 1.50 bits per heavy atom. The van der Waals surface area contributed by atoms with E-state index >= 15 is 0 Å². The molecule has 0 atom stereocenters. The normalized spacial score (nSPS) is 5.67. The summed E-state index contributed by atoms with van der Waals surface area (Å²) < 4.78 is 21.5. The van der Waals surface area contributed by atoms with Crippen molar-refractivity contribution < 1.29 is 8.78 Å². The SMILES string of the molecule is C=C=C=C(F)F. The van der Waals surface area contributed by atoms with Crippen LogP contribution in [0.25, 0.3) is 0 Å². The van der Waals surface area contributed by atoms with Crippen molar-refractivity contribution in [3.05, 3.63) is 24.1 Å². The Morgan fingerprint density at radius 3 is 2.00 bits per heavy atom. The summed E-state index contributed by atoms with van der Waals surface area (Å²) in [5.41, 5.74) is 3.21. The average Bonchev–Trinajstić information content (AvgIpc) is 1.35. The van der Waals surface area contributed by atoms with E-state index in [2.05, 4.69) is 6.58 Å². The molecule has 0 rings (SSSR count). The van der Waals surface area contributed by atoms with Crippen LogP contribution in [-0.4, -0.2) is 0 Å². The third-order valence-electron chi connectivity index (χ3n) is 0.183. The standard InChI is InChI=1S/C4H2F2/c1-2-3-4(5)6/h1H2. The highest BCUT2D eigenvalue weighted by molar-refractivity contribution is 4.78. The van der Waals surface area contributed by atoms with Gasteiger partial charge in [0.05, 0.1) is 0 Å². The molecule has 0 aliphatic heterocycles. The van der Waals surface area contributed by atoms with E-state index in [1.165, 1.54) is 5.73 Å². The van der Waals surface area contributed by atoms with E-state index in [0.29, 0.717) is 0 Å². The fraction of sp³-hybridized carbons (Fsp3) is 0. The zero-order chi connectivity index (χ0) is 4.99. The van der Waals surface area contributed by atoms with Gasteiger partial charge in [-0.25, -0.2) is 0 Å². The molecule has 6 heavy (non-hydrogen) atoms. The molecule has 0 unspecified atom stereocenters. The molecule has 32 valence electrons. The lowest BCUT2D eigenvalue weighted by Gasteiger charge is -1.56. The first-order valence-corrected chi connectivity index (χ1v) is 1.23. The molecular formula is C4H2F2. The number of rotatable bonds is 0. The van der Waals surface area contributed by atoms with Gasteiger partial charge in [-0.2, -0.15) is 8.78 Å². The van der Waals surface area contributed by atoms with Crippen LogP contribution in [0.1, 0.15) is 0 Å². The fourth-order valence-corrected chi connectivity index (χ4v) is 0.0668. The maximum Gasteiger partial charge on any atom is 0.321 e. The largest absolute Gasteiger partial charge is 0.321 e. The van der Waals surface area contributed by atoms with Crippen LogP contribution in [0.4, 0.5) is 8.78 Å². The van der Waals surface area contributed by atoms with Gasteiger partial charge >= 0.3 is 6.08 Å². The van der Waals surface area contributed by atoms with Crippen LogP contribution < -0.4 is 0 Å². The highest BCUT2D eigenvalue weighted by Gasteiger charge is 1.73. The van der Waals surface area contributed by atoms with Crippen molar-refractivity contribution in [2.45, 2.75) is 0 Å². The Morgan fingerprint density at radius 2 is 2.00 bits per heavy atom. The summed E-state index contributed by atoms with van der Waals surface area (Å²) >= 11 is 0. The summed E-state index contributed by atoms with van der Waals surface area (Å²) in [5.74, 6) is 0. The highest BCUT2D eigenvalue weighted by atomic mass is 19.3. The van der Waals surface area contributed by atoms with Gasteiger partial charge in [0.25, 0.3) is 0 Å². The van der Waals surface area contributed by atoms with Gasteiger partial charge in [0.1, 0.15) is 0 Å². The lowest BCUT2D eigenvalue weighted by atomic mass is 10.8. The Labute approximate surface area is 34.1 Å². The van der Waals surface area contributed by atoms with Crippen molar-refractivity contribution in [1.29, 1.82) is 0 Å². The topological polar surface area (TPSA) is 0 Å². The molecule has 0 fully saturated rings. The van der Waals surface area contributed by atoms with Gasteiger partial charge < -0.3 is 0 Å². The van der Waals surface area contributed by atoms with Crippen LogP contribution in [0.15, 0.2) is 24.1 Å². The lowest BCUT2D eigenvalue weighted by Crippen LogP contribution is -1.39. The fourth-order valence-electron chi connectivity index (χ4n) is 0.0668. The molecule has 0 amide bonds. The minimum absolute atomic E-state index is 1.43. The third kappa shape index (κ3) is 3.16. The van der Waals surface area contributed by atoms with E-state index in [9.17, 15) is 8.78 Å². The van der Waals surface area contributed by atoms with E-state index in [-0.39, 0.29) is 0 Å². The van der Waals surface area contributed by atoms with Gasteiger partial charge in [-0.3, -0.25) is 0 Å². The first-order chi connectivity index (χ1) is 2.77. The van der Waals surface area contributed by atoms with Gasteiger partial charge in [0, 0.05) is 0 Å². The van der Waals surface area contributed by atoms with Crippen molar-refractivity contribution in [2.75, 3.05) is 0 Å². The molecule has 2 heteroatoms. The second-order valence-corrected chi connectivity index (χ2v) is 0.562. The molecule has 0 heterocycles. The molecular weight excluding hydrogens is 86.0 g/mol. The van der Waals surface area contributed by atoms with Crippen LogP contribution >= 0.6 is 0 Å². The van der Waals surface area contributed by atoms with Crippen LogP contribution in [0.3, 0.4) is 0 Å². The Balaban J connectivity index is 4.13. The highest BCUT2D eigenvalue weighted by Crippen LogP contribution is 1.89. The first kappa shape index (κ1) is 5.16. The van der Waals surface area contributed by atoms with Crippen molar-refractivity contribution in [3.63, 3.8) is 0 Å². The molecule has 0 aliphatic carbocycles. The molecule has 0 aromatic rings. The van der Waals surface area contributed by atoms with Gasteiger partial charge in [-0.15, -0.1) is 0 Å². The molecule has 0 aromatic carbocycles.